The van der Waals surface area contributed by atoms with E-state index in [1.807, 2.05) is 5.38 Å². The van der Waals surface area contributed by atoms with Crippen molar-refractivity contribution >= 4 is 16.3 Å². The Morgan fingerprint density at radius 3 is 2.43 bits per heavy atom. The maximum absolute atomic E-state index is 13.1. The largest absolute Gasteiger partial charge is 0.444 e. The summed E-state index contributed by atoms with van der Waals surface area (Å²) in [4.78, 5) is 26.7. The van der Waals surface area contributed by atoms with Crippen molar-refractivity contribution in [1.29, 1.82) is 0 Å². The van der Waals surface area contributed by atoms with Crippen molar-refractivity contribution in [2.45, 2.75) is 13.1 Å². The van der Waals surface area contributed by atoms with Crippen LogP contribution in [-0.2, 0) is 13.1 Å². The van der Waals surface area contributed by atoms with E-state index in [-0.39, 0.29) is 11.4 Å². The third-order valence-electron chi connectivity index (χ3n) is 5.24. The Balaban J connectivity index is 1.17. The summed E-state index contributed by atoms with van der Waals surface area (Å²) in [6.07, 6.45) is 3.42. The van der Waals surface area contributed by atoms with Crippen molar-refractivity contribution in [3.63, 3.8) is 0 Å². The molecular weight excluding hydrogens is 405 g/mol. The van der Waals surface area contributed by atoms with Crippen molar-refractivity contribution in [2.24, 2.45) is 0 Å². The van der Waals surface area contributed by atoms with E-state index in [4.69, 9.17) is 4.42 Å². The van der Waals surface area contributed by atoms with Crippen LogP contribution in [0.3, 0.4) is 0 Å². The summed E-state index contributed by atoms with van der Waals surface area (Å²) in [7, 11) is 0. The first-order chi connectivity index (χ1) is 14.6. The zero-order chi connectivity index (χ0) is 20.5. The third kappa shape index (κ3) is 4.04. The normalized spacial score (nSPS) is 15.8. The highest BCUT2D eigenvalue weighted by Crippen LogP contribution is 2.20. The van der Waals surface area contributed by atoms with Gasteiger partial charge in [-0.05, 0) is 24.3 Å². The van der Waals surface area contributed by atoms with Crippen molar-refractivity contribution in [2.75, 3.05) is 26.2 Å². The maximum Gasteiger partial charge on any atom is 0.258 e. The van der Waals surface area contributed by atoms with Gasteiger partial charge in [-0.2, -0.15) is 0 Å². The Bertz CT molecular complexity index is 1210. The standard InChI is InChI=1S/C21H20FN5O2S/c22-16-3-1-15(2-4-16)20-23-18(14-29-20)13-26-7-5-25(6-8-26)12-17-11-19(28)27-9-10-30-21(27)24-17/h1-4,9-11,14H,5-8,12-13H2. The van der Waals surface area contributed by atoms with Crippen LogP contribution in [0.1, 0.15) is 11.4 Å². The smallest absolute Gasteiger partial charge is 0.258 e. The number of thiazole rings is 1. The van der Waals surface area contributed by atoms with Gasteiger partial charge in [0, 0.05) is 62.5 Å². The Morgan fingerprint density at radius 2 is 1.70 bits per heavy atom. The molecule has 1 aromatic carbocycles. The summed E-state index contributed by atoms with van der Waals surface area (Å²) in [5.41, 5.74) is 2.41. The van der Waals surface area contributed by atoms with E-state index in [0.717, 1.165) is 48.1 Å². The monoisotopic (exact) mass is 425 g/mol. The van der Waals surface area contributed by atoms with Crippen molar-refractivity contribution in [3.05, 3.63) is 75.7 Å². The van der Waals surface area contributed by atoms with Crippen LogP contribution in [0.2, 0.25) is 0 Å². The molecule has 4 heterocycles. The first-order valence-corrected chi connectivity index (χ1v) is 10.6. The summed E-state index contributed by atoms with van der Waals surface area (Å²) in [5.74, 6) is 0.226. The first-order valence-electron chi connectivity index (χ1n) is 9.75. The average Bonchev–Trinajstić information content (AvgIpc) is 3.40. The molecule has 154 valence electrons. The van der Waals surface area contributed by atoms with E-state index < -0.39 is 0 Å². The van der Waals surface area contributed by atoms with E-state index in [0.29, 0.717) is 19.0 Å². The van der Waals surface area contributed by atoms with E-state index >= 15 is 0 Å². The molecule has 1 fully saturated rings. The fourth-order valence-electron chi connectivity index (χ4n) is 3.64. The lowest BCUT2D eigenvalue weighted by Gasteiger charge is -2.33. The Morgan fingerprint density at radius 1 is 1.00 bits per heavy atom. The molecule has 0 saturated carbocycles. The molecule has 5 rings (SSSR count). The van der Waals surface area contributed by atoms with Gasteiger partial charge in [-0.3, -0.25) is 19.0 Å². The second kappa shape index (κ2) is 8.10. The predicted octanol–water partition coefficient (Wildman–Crippen LogP) is 2.87. The van der Waals surface area contributed by atoms with Crippen molar-refractivity contribution in [3.8, 4) is 11.5 Å². The SMILES string of the molecule is O=c1cc(CN2CCN(Cc3coc(-c4ccc(F)cc4)n3)CC2)nc2sccn12. The lowest BCUT2D eigenvalue weighted by Crippen LogP contribution is -2.45. The zero-order valence-electron chi connectivity index (χ0n) is 16.2. The minimum absolute atomic E-state index is 0.0297. The number of hydrogen-bond acceptors (Lipinski definition) is 7. The summed E-state index contributed by atoms with van der Waals surface area (Å²) in [5, 5.41) is 1.87. The fourth-order valence-corrected chi connectivity index (χ4v) is 4.38. The van der Waals surface area contributed by atoms with Crippen LogP contribution in [0.25, 0.3) is 16.4 Å². The number of fused-ring (bicyclic) bond motifs is 1. The molecule has 0 amide bonds. The number of nitrogens with zero attached hydrogens (tertiary/aromatic N) is 5. The van der Waals surface area contributed by atoms with E-state index in [1.165, 1.54) is 23.5 Å². The van der Waals surface area contributed by atoms with Crippen LogP contribution in [0, 0.1) is 5.82 Å². The van der Waals surface area contributed by atoms with Gasteiger partial charge in [0.25, 0.3) is 5.56 Å². The van der Waals surface area contributed by atoms with Gasteiger partial charge in [-0.15, -0.1) is 11.3 Å². The van der Waals surface area contributed by atoms with Gasteiger partial charge in [0.05, 0.1) is 11.4 Å². The predicted molar refractivity (Wildman–Crippen MR) is 112 cm³/mol. The molecule has 0 atom stereocenters. The van der Waals surface area contributed by atoms with Crippen LogP contribution in [-0.4, -0.2) is 50.3 Å². The van der Waals surface area contributed by atoms with E-state index in [2.05, 4.69) is 19.8 Å². The Labute approximate surface area is 176 Å². The molecule has 1 aliphatic heterocycles. The molecule has 0 spiro atoms. The van der Waals surface area contributed by atoms with Gasteiger partial charge in [0.2, 0.25) is 5.89 Å². The molecule has 0 unspecified atom stereocenters. The quantitative estimate of drug-likeness (QED) is 0.490. The lowest BCUT2D eigenvalue weighted by atomic mass is 10.2. The summed E-state index contributed by atoms with van der Waals surface area (Å²) < 4.78 is 20.2. The molecule has 1 aliphatic rings. The van der Waals surface area contributed by atoms with Crippen molar-refractivity contribution < 1.29 is 8.81 Å². The van der Waals surface area contributed by atoms with Crippen LogP contribution in [0.5, 0.6) is 0 Å². The van der Waals surface area contributed by atoms with Crippen molar-refractivity contribution in [1.82, 2.24) is 24.2 Å². The highest BCUT2D eigenvalue weighted by Gasteiger charge is 2.19. The number of benzene rings is 1. The van der Waals surface area contributed by atoms with Gasteiger partial charge >= 0.3 is 0 Å². The van der Waals surface area contributed by atoms with E-state index in [9.17, 15) is 9.18 Å². The minimum atomic E-state index is -0.279. The van der Waals surface area contributed by atoms with Gasteiger partial charge in [-0.25, -0.2) is 14.4 Å². The van der Waals surface area contributed by atoms with Crippen LogP contribution in [0.4, 0.5) is 4.39 Å². The molecule has 0 bridgehead atoms. The molecular formula is C21H20FN5O2S. The summed E-state index contributed by atoms with van der Waals surface area (Å²) >= 11 is 1.47. The Kier molecular flexibility index (Phi) is 5.16. The number of rotatable bonds is 5. The van der Waals surface area contributed by atoms with Gasteiger partial charge in [0.15, 0.2) is 4.96 Å². The van der Waals surface area contributed by atoms with Gasteiger partial charge < -0.3 is 4.42 Å². The molecule has 1 saturated heterocycles. The molecule has 3 aromatic heterocycles. The number of oxazole rings is 1. The first kappa shape index (κ1) is 19.1. The van der Waals surface area contributed by atoms with Crippen LogP contribution < -0.4 is 5.56 Å². The topological polar surface area (TPSA) is 66.9 Å². The summed E-state index contributed by atoms with van der Waals surface area (Å²) in [6.45, 7) is 4.98. The molecule has 9 heteroatoms. The Hall–Kier alpha value is -2.88. The molecule has 7 nitrogen and oxygen atoms in total. The van der Waals surface area contributed by atoms with Crippen LogP contribution >= 0.6 is 11.3 Å². The summed E-state index contributed by atoms with van der Waals surface area (Å²) in [6, 6.07) is 7.75. The maximum atomic E-state index is 13.1. The number of aromatic nitrogens is 3. The highest BCUT2D eigenvalue weighted by molar-refractivity contribution is 7.15. The fraction of sp³-hybridized carbons (Fsp3) is 0.286. The van der Waals surface area contributed by atoms with E-state index in [1.54, 1.807) is 35.1 Å². The molecule has 4 aromatic rings. The van der Waals surface area contributed by atoms with Gasteiger partial charge in [0.1, 0.15) is 12.1 Å². The number of piperazine rings is 1. The second-order valence-electron chi connectivity index (χ2n) is 7.34. The van der Waals surface area contributed by atoms with Gasteiger partial charge in [-0.1, -0.05) is 0 Å². The minimum Gasteiger partial charge on any atom is -0.444 e. The zero-order valence-corrected chi connectivity index (χ0v) is 17.0. The second-order valence-corrected chi connectivity index (χ2v) is 8.22. The van der Waals surface area contributed by atoms with Crippen LogP contribution in [0.15, 0.2) is 57.4 Å². The third-order valence-corrected chi connectivity index (χ3v) is 5.99. The lowest BCUT2D eigenvalue weighted by molar-refractivity contribution is 0.120. The molecule has 0 aliphatic carbocycles. The molecule has 0 radical (unpaired) electrons. The average molecular weight is 425 g/mol. The molecule has 0 N–H and O–H groups in total. The highest BCUT2D eigenvalue weighted by atomic mass is 32.1. The number of hydrogen-bond donors (Lipinski definition) is 0. The number of halogens is 1. The molecule has 30 heavy (non-hydrogen) atoms.